The third kappa shape index (κ3) is 3.11. The average molecular weight is 352 g/mol. The summed E-state index contributed by atoms with van der Waals surface area (Å²) in [6.07, 6.45) is 0. The lowest BCUT2D eigenvalue weighted by molar-refractivity contribution is -0.175. The molecule has 0 bridgehead atoms. The van der Waals surface area contributed by atoms with Crippen molar-refractivity contribution in [3.8, 4) is 0 Å². The number of fused-ring (bicyclic) bond motifs is 1. The molecule has 1 atom stereocenters. The summed E-state index contributed by atoms with van der Waals surface area (Å²) in [6, 6.07) is 14.9. The lowest BCUT2D eigenvalue weighted by Gasteiger charge is -2.28. The summed E-state index contributed by atoms with van der Waals surface area (Å²) in [5.41, 5.74) is 1.23. The zero-order valence-corrected chi connectivity index (χ0v) is 14.7. The number of hydrogen-bond donors (Lipinski definition) is 0. The Morgan fingerprint density at radius 2 is 1.42 bits per heavy atom. The molecule has 26 heavy (non-hydrogen) atoms. The Morgan fingerprint density at radius 3 is 1.92 bits per heavy atom. The summed E-state index contributed by atoms with van der Waals surface area (Å²) in [4.78, 5) is 44.9. The Balaban J connectivity index is 1.87. The Kier molecular flexibility index (Phi) is 5.14. The average Bonchev–Trinajstić information content (AvgIpc) is 2.91. The second kappa shape index (κ2) is 7.49. The minimum absolute atomic E-state index is 0.240. The van der Waals surface area contributed by atoms with E-state index in [9.17, 15) is 14.4 Å². The molecule has 1 unspecified atom stereocenters. The van der Waals surface area contributed by atoms with Gasteiger partial charge in [0.1, 0.15) is 6.04 Å². The minimum Gasteiger partial charge on any atom is -0.328 e. The van der Waals surface area contributed by atoms with E-state index in [1.165, 1.54) is 0 Å². The van der Waals surface area contributed by atoms with Crippen LogP contribution in [0.2, 0.25) is 0 Å². The van der Waals surface area contributed by atoms with E-state index in [1.807, 2.05) is 49.1 Å². The van der Waals surface area contributed by atoms with Crippen molar-refractivity contribution < 1.29 is 19.2 Å². The summed E-state index contributed by atoms with van der Waals surface area (Å²) in [5.74, 6) is -1.90. The van der Waals surface area contributed by atoms with Crippen LogP contribution in [0, 0.1) is 0 Å². The number of hydroxylamine groups is 2. The number of carbonyl (C=O) groups is 3. The SMILES string of the molecule is CCN(CC)C(C(=O)ON1C(=O)c2ccccc2C1=O)c1ccccc1. The van der Waals surface area contributed by atoms with Crippen molar-refractivity contribution >= 4 is 17.8 Å². The van der Waals surface area contributed by atoms with E-state index in [4.69, 9.17) is 4.84 Å². The highest BCUT2D eigenvalue weighted by Gasteiger charge is 2.40. The molecule has 0 fully saturated rings. The lowest BCUT2D eigenvalue weighted by atomic mass is 10.1. The highest BCUT2D eigenvalue weighted by Crippen LogP contribution is 2.26. The highest BCUT2D eigenvalue weighted by atomic mass is 16.7. The van der Waals surface area contributed by atoms with Crippen LogP contribution in [0.5, 0.6) is 0 Å². The van der Waals surface area contributed by atoms with E-state index in [0.717, 1.165) is 5.56 Å². The third-order valence-corrected chi connectivity index (χ3v) is 4.45. The van der Waals surface area contributed by atoms with Crippen LogP contribution in [0.3, 0.4) is 0 Å². The number of hydrogen-bond acceptors (Lipinski definition) is 5. The normalized spacial score (nSPS) is 14.5. The Labute approximate surface area is 151 Å². The van der Waals surface area contributed by atoms with Crippen LogP contribution < -0.4 is 0 Å². The van der Waals surface area contributed by atoms with E-state index < -0.39 is 23.8 Å². The number of nitrogens with zero attached hydrogens (tertiary/aromatic N) is 2. The molecule has 0 radical (unpaired) electrons. The van der Waals surface area contributed by atoms with Crippen molar-refractivity contribution in [2.45, 2.75) is 19.9 Å². The van der Waals surface area contributed by atoms with E-state index in [0.29, 0.717) is 18.2 Å². The van der Waals surface area contributed by atoms with Crippen LogP contribution >= 0.6 is 0 Å². The second-order valence-electron chi connectivity index (χ2n) is 5.90. The van der Waals surface area contributed by atoms with Crippen LogP contribution in [0.25, 0.3) is 0 Å². The maximum Gasteiger partial charge on any atom is 0.354 e. The molecule has 6 nitrogen and oxygen atoms in total. The molecule has 1 aliphatic rings. The topological polar surface area (TPSA) is 66.9 Å². The van der Waals surface area contributed by atoms with Gasteiger partial charge in [0, 0.05) is 0 Å². The monoisotopic (exact) mass is 352 g/mol. The first-order chi connectivity index (χ1) is 12.6. The molecule has 2 aromatic rings. The van der Waals surface area contributed by atoms with Crippen molar-refractivity contribution in [2.24, 2.45) is 0 Å². The standard InChI is InChI=1S/C20H20N2O4/c1-3-21(4-2)17(14-10-6-5-7-11-14)20(25)26-22-18(23)15-12-8-9-13-16(15)19(22)24/h5-13,17H,3-4H2,1-2H3. The van der Waals surface area contributed by atoms with E-state index >= 15 is 0 Å². The number of imide groups is 1. The van der Waals surface area contributed by atoms with Crippen molar-refractivity contribution in [3.05, 3.63) is 71.3 Å². The van der Waals surface area contributed by atoms with Crippen LogP contribution in [0.15, 0.2) is 54.6 Å². The highest BCUT2D eigenvalue weighted by molar-refractivity contribution is 6.20. The zero-order chi connectivity index (χ0) is 18.7. The molecule has 0 aliphatic carbocycles. The van der Waals surface area contributed by atoms with E-state index in [2.05, 4.69) is 0 Å². The molecule has 0 saturated carbocycles. The molecule has 0 aromatic heterocycles. The van der Waals surface area contributed by atoms with Gasteiger partial charge < -0.3 is 4.84 Å². The van der Waals surface area contributed by atoms with Gasteiger partial charge in [0.05, 0.1) is 11.1 Å². The van der Waals surface area contributed by atoms with Crippen molar-refractivity contribution in [2.75, 3.05) is 13.1 Å². The van der Waals surface area contributed by atoms with Crippen molar-refractivity contribution in [1.29, 1.82) is 0 Å². The molecule has 3 rings (SSSR count). The van der Waals surface area contributed by atoms with Gasteiger partial charge in [0.25, 0.3) is 11.8 Å². The summed E-state index contributed by atoms with van der Waals surface area (Å²) < 4.78 is 0. The first-order valence-electron chi connectivity index (χ1n) is 8.57. The Morgan fingerprint density at radius 1 is 0.923 bits per heavy atom. The molecule has 2 aromatic carbocycles. The lowest BCUT2D eigenvalue weighted by Crippen LogP contribution is -2.40. The molecular weight excluding hydrogens is 332 g/mol. The largest absolute Gasteiger partial charge is 0.354 e. The minimum atomic E-state index is -0.699. The smallest absolute Gasteiger partial charge is 0.328 e. The number of likely N-dealkylation sites (N-methyl/N-ethyl adjacent to an activating group) is 1. The van der Waals surface area contributed by atoms with Gasteiger partial charge in [-0.2, -0.15) is 0 Å². The molecule has 6 heteroatoms. The van der Waals surface area contributed by atoms with Gasteiger partial charge in [0.2, 0.25) is 0 Å². The van der Waals surface area contributed by atoms with Gasteiger partial charge in [-0.3, -0.25) is 14.5 Å². The number of amides is 2. The molecular formula is C20H20N2O4. The van der Waals surface area contributed by atoms with Gasteiger partial charge in [-0.1, -0.05) is 61.4 Å². The fraction of sp³-hybridized carbons (Fsp3) is 0.250. The molecule has 1 heterocycles. The summed E-state index contributed by atoms with van der Waals surface area (Å²) in [7, 11) is 0. The molecule has 134 valence electrons. The van der Waals surface area contributed by atoms with Gasteiger partial charge in [-0.25, -0.2) is 4.79 Å². The molecule has 1 aliphatic heterocycles. The zero-order valence-electron chi connectivity index (χ0n) is 14.7. The predicted molar refractivity (Wildman–Crippen MR) is 95.1 cm³/mol. The molecule has 0 spiro atoms. The van der Waals surface area contributed by atoms with Gasteiger partial charge >= 0.3 is 5.97 Å². The van der Waals surface area contributed by atoms with Gasteiger partial charge in [-0.15, -0.1) is 0 Å². The van der Waals surface area contributed by atoms with Crippen LogP contribution in [0.4, 0.5) is 0 Å². The molecule has 2 amide bonds. The first kappa shape index (κ1) is 17.8. The number of rotatable bonds is 6. The molecule has 0 N–H and O–H groups in total. The van der Waals surface area contributed by atoms with Gasteiger partial charge in [0.15, 0.2) is 0 Å². The van der Waals surface area contributed by atoms with Crippen LogP contribution in [0.1, 0.15) is 46.2 Å². The maximum absolute atomic E-state index is 12.9. The second-order valence-corrected chi connectivity index (χ2v) is 5.90. The summed E-state index contributed by atoms with van der Waals surface area (Å²) in [6.45, 7) is 5.12. The third-order valence-electron chi connectivity index (χ3n) is 4.45. The van der Waals surface area contributed by atoms with Crippen LogP contribution in [-0.4, -0.2) is 40.8 Å². The van der Waals surface area contributed by atoms with Gasteiger partial charge in [-0.05, 0) is 30.8 Å². The molecule has 0 saturated heterocycles. The van der Waals surface area contributed by atoms with E-state index in [-0.39, 0.29) is 11.1 Å². The fourth-order valence-electron chi connectivity index (χ4n) is 3.11. The van der Waals surface area contributed by atoms with Crippen molar-refractivity contribution in [3.63, 3.8) is 0 Å². The Hall–Kier alpha value is -2.99. The first-order valence-corrected chi connectivity index (χ1v) is 8.57. The summed E-state index contributed by atoms with van der Waals surface area (Å²) in [5, 5.41) is 0.562. The quantitative estimate of drug-likeness (QED) is 0.748. The number of benzene rings is 2. The van der Waals surface area contributed by atoms with Crippen molar-refractivity contribution in [1.82, 2.24) is 9.96 Å². The summed E-state index contributed by atoms with van der Waals surface area (Å²) >= 11 is 0. The van der Waals surface area contributed by atoms with Crippen LogP contribution in [-0.2, 0) is 9.63 Å². The maximum atomic E-state index is 12.9. The number of carbonyl (C=O) groups excluding carboxylic acids is 3. The Bertz CT molecular complexity index is 796. The fourth-order valence-corrected chi connectivity index (χ4v) is 3.11. The van der Waals surface area contributed by atoms with E-state index in [1.54, 1.807) is 24.3 Å². The predicted octanol–water partition coefficient (Wildman–Crippen LogP) is 2.82.